The van der Waals surface area contributed by atoms with Gasteiger partial charge in [-0.15, -0.1) is 0 Å². The second kappa shape index (κ2) is 7.87. The van der Waals surface area contributed by atoms with Crippen LogP contribution in [0.3, 0.4) is 0 Å². The number of nitrogens with one attached hydrogen (secondary N) is 1. The van der Waals surface area contributed by atoms with Crippen molar-refractivity contribution < 1.29 is 9.53 Å². The van der Waals surface area contributed by atoms with Crippen LogP contribution in [0.4, 0.5) is 5.69 Å². The molecule has 0 bridgehead atoms. The number of hydrogen-bond donors (Lipinski definition) is 1. The van der Waals surface area contributed by atoms with E-state index in [1.54, 1.807) is 0 Å². The molecule has 0 fully saturated rings. The number of anilines is 1. The molecule has 4 nitrogen and oxygen atoms in total. The molecule has 0 saturated carbocycles. The standard InChI is InChI=1S/C23H28N2O2/c1-5-15-25-22(26)20-9-7-8-10-21(20)24-23(25,6-2)18-11-13-19(14-12-18)27-16-17(3)4/h7-14,24H,3,5-6,15-16H2,1-2,4H3. The Morgan fingerprint density at radius 1 is 1.15 bits per heavy atom. The molecule has 1 aliphatic heterocycles. The largest absolute Gasteiger partial charge is 0.489 e. The van der Waals surface area contributed by atoms with E-state index in [0.717, 1.165) is 41.0 Å². The van der Waals surface area contributed by atoms with Crippen LogP contribution in [0.2, 0.25) is 0 Å². The summed E-state index contributed by atoms with van der Waals surface area (Å²) < 4.78 is 5.73. The fourth-order valence-corrected chi connectivity index (χ4v) is 3.65. The van der Waals surface area contributed by atoms with E-state index in [2.05, 4.69) is 25.7 Å². The summed E-state index contributed by atoms with van der Waals surface area (Å²) in [6, 6.07) is 15.8. The van der Waals surface area contributed by atoms with Gasteiger partial charge in [-0.05, 0) is 55.2 Å². The third-order valence-corrected chi connectivity index (χ3v) is 4.98. The maximum atomic E-state index is 13.3. The number of benzene rings is 2. The highest BCUT2D eigenvalue weighted by Gasteiger charge is 2.44. The van der Waals surface area contributed by atoms with Crippen LogP contribution in [-0.4, -0.2) is 24.0 Å². The molecule has 0 spiro atoms. The number of rotatable bonds is 7. The summed E-state index contributed by atoms with van der Waals surface area (Å²) >= 11 is 0. The number of ether oxygens (including phenoxy) is 1. The Morgan fingerprint density at radius 2 is 1.85 bits per heavy atom. The van der Waals surface area contributed by atoms with Gasteiger partial charge in [-0.25, -0.2) is 0 Å². The lowest BCUT2D eigenvalue weighted by molar-refractivity contribution is 0.0483. The maximum absolute atomic E-state index is 13.3. The molecular formula is C23H28N2O2. The van der Waals surface area contributed by atoms with E-state index >= 15 is 0 Å². The van der Waals surface area contributed by atoms with Gasteiger partial charge in [-0.3, -0.25) is 4.79 Å². The molecule has 1 heterocycles. The van der Waals surface area contributed by atoms with E-state index in [-0.39, 0.29) is 5.91 Å². The van der Waals surface area contributed by atoms with Gasteiger partial charge in [-0.1, -0.05) is 44.7 Å². The van der Waals surface area contributed by atoms with Crippen molar-refractivity contribution in [3.8, 4) is 5.75 Å². The molecule has 0 saturated heterocycles. The first-order valence-electron chi connectivity index (χ1n) is 9.58. The Morgan fingerprint density at radius 3 is 2.48 bits per heavy atom. The number of amides is 1. The van der Waals surface area contributed by atoms with Crippen molar-refractivity contribution in [3.63, 3.8) is 0 Å². The van der Waals surface area contributed by atoms with Crippen LogP contribution in [0.25, 0.3) is 0 Å². The van der Waals surface area contributed by atoms with E-state index < -0.39 is 5.66 Å². The van der Waals surface area contributed by atoms with Gasteiger partial charge in [0.15, 0.2) is 0 Å². The molecule has 1 atom stereocenters. The van der Waals surface area contributed by atoms with Crippen molar-refractivity contribution in [1.82, 2.24) is 4.90 Å². The quantitative estimate of drug-likeness (QED) is 0.688. The minimum Gasteiger partial charge on any atom is -0.489 e. The van der Waals surface area contributed by atoms with Gasteiger partial charge in [-0.2, -0.15) is 0 Å². The Balaban J connectivity index is 2.00. The molecule has 0 aromatic heterocycles. The maximum Gasteiger partial charge on any atom is 0.258 e. The minimum absolute atomic E-state index is 0.0793. The summed E-state index contributed by atoms with van der Waals surface area (Å²) in [6.45, 7) is 11.2. The average molecular weight is 364 g/mol. The van der Waals surface area contributed by atoms with Crippen LogP contribution >= 0.6 is 0 Å². The molecule has 27 heavy (non-hydrogen) atoms. The topological polar surface area (TPSA) is 41.6 Å². The highest BCUT2D eigenvalue weighted by molar-refractivity contribution is 6.02. The predicted octanol–water partition coefficient (Wildman–Crippen LogP) is 5.18. The summed E-state index contributed by atoms with van der Waals surface area (Å²) in [5, 5.41) is 3.66. The van der Waals surface area contributed by atoms with Gasteiger partial charge < -0.3 is 15.0 Å². The molecule has 2 aromatic carbocycles. The second-order valence-electron chi connectivity index (χ2n) is 7.11. The van der Waals surface area contributed by atoms with Crippen molar-refractivity contribution in [2.75, 3.05) is 18.5 Å². The highest BCUT2D eigenvalue weighted by Crippen LogP contribution is 2.40. The van der Waals surface area contributed by atoms with Gasteiger partial charge in [0.1, 0.15) is 18.0 Å². The smallest absolute Gasteiger partial charge is 0.258 e. The highest BCUT2D eigenvalue weighted by atomic mass is 16.5. The molecule has 1 aliphatic rings. The number of carbonyl (C=O) groups is 1. The summed E-state index contributed by atoms with van der Waals surface area (Å²) in [6.07, 6.45) is 1.66. The van der Waals surface area contributed by atoms with Gasteiger partial charge in [0, 0.05) is 12.2 Å². The molecule has 142 valence electrons. The lowest BCUT2D eigenvalue weighted by Gasteiger charge is -2.48. The van der Waals surface area contributed by atoms with Gasteiger partial charge >= 0.3 is 0 Å². The lowest BCUT2D eigenvalue weighted by Crippen LogP contribution is -2.57. The fourth-order valence-electron chi connectivity index (χ4n) is 3.65. The zero-order valence-corrected chi connectivity index (χ0v) is 16.4. The molecule has 1 unspecified atom stereocenters. The summed E-state index contributed by atoms with van der Waals surface area (Å²) in [5.41, 5.74) is 3.10. The normalized spacial score (nSPS) is 18.6. The zero-order chi connectivity index (χ0) is 19.4. The molecule has 1 amide bonds. The molecular weight excluding hydrogens is 336 g/mol. The molecule has 4 heteroatoms. The first-order valence-corrected chi connectivity index (χ1v) is 9.58. The SMILES string of the molecule is C=C(C)COc1ccc(C2(CC)Nc3ccccc3C(=O)N2CCC)cc1. The second-order valence-corrected chi connectivity index (χ2v) is 7.11. The van der Waals surface area contributed by atoms with E-state index in [1.165, 1.54) is 0 Å². The third-order valence-electron chi connectivity index (χ3n) is 4.98. The van der Waals surface area contributed by atoms with Crippen molar-refractivity contribution in [1.29, 1.82) is 0 Å². The van der Waals surface area contributed by atoms with Crippen molar-refractivity contribution >= 4 is 11.6 Å². The predicted molar refractivity (Wildman–Crippen MR) is 110 cm³/mol. The number of hydrogen-bond acceptors (Lipinski definition) is 3. The molecule has 0 radical (unpaired) electrons. The van der Waals surface area contributed by atoms with E-state index in [4.69, 9.17) is 4.74 Å². The van der Waals surface area contributed by atoms with Crippen LogP contribution in [-0.2, 0) is 5.66 Å². The number of nitrogens with zero attached hydrogens (tertiary/aromatic N) is 1. The molecule has 1 N–H and O–H groups in total. The molecule has 2 aromatic rings. The number of carbonyl (C=O) groups excluding carboxylic acids is 1. The fraction of sp³-hybridized carbons (Fsp3) is 0.348. The number of para-hydroxylation sites is 1. The third kappa shape index (κ3) is 3.57. The Labute approximate surface area is 161 Å². The Bertz CT molecular complexity index is 829. The van der Waals surface area contributed by atoms with E-state index in [1.807, 2.05) is 60.4 Å². The van der Waals surface area contributed by atoms with E-state index in [9.17, 15) is 4.79 Å². The van der Waals surface area contributed by atoms with Gasteiger partial charge in [0.05, 0.1) is 5.56 Å². The minimum atomic E-state index is -0.561. The summed E-state index contributed by atoms with van der Waals surface area (Å²) in [5.74, 6) is 0.883. The molecule has 0 aliphatic carbocycles. The first kappa shape index (κ1) is 19.0. The summed E-state index contributed by atoms with van der Waals surface area (Å²) in [4.78, 5) is 15.2. The van der Waals surface area contributed by atoms with Crippen LogP contribution in [0.15, 0.2) is 60.7 Å². The summed E-state index contributed by atoms with van der Waals surface area (Å²) in [7, 11) is 0. The van der Waals surface area contributed by atoms with Crippen LogP contribution in [0.1, 0.15) is 49.5 Å². The zero-order valence-electron chi connectivity index (χ0n) is 16.4. The van der Waals surface area contributed by atoms with Crippen LogP contribution < -0.4 is 10.1 Å². The van der Waals surface area contributed by atoms with Crippen LogP contribution in [0, 0.1) is 0 Å². The van der Waals surface area contributed by atoms with Crippen molar-refractivity contribution in [2.24, 2.45) is 0 Å². The Hall–Kier alpha value is -2.75. The van der Waals surface area contributed by atoms with Crippen LogP contribution in [0.5, 0.6) is 5.75 Å². The van der Waals surface area contributed by atoms with Crippen molar-refractivity contribution in [2.45, 2.75) is 39.3 Å². The Kier molecular flexibility index (Phi) is 5.54. The first-order chi connectivity index (χ1) is 13.0. The van der Waals surface area contributed by atoms with Gasteiger partial charge in [0.2, 0.25) is 0 Å². The van der Waals surface area contributed by atoms with E-state index in [0.29, 0.717) is 13.2 Å². The molecule has 3 rings (SSSR count). The monoisotopic (exact) mass is 364 g/mol. The average Bonchev–Trinajstić information content (AvgIpc) is 2.69. The number of fused-ring (bicyclic) bond motifs is 1. The van der Waals surface area contributed by atoms with Gasteiger partial charge in [0.25, 0.3) is 5.91 Å². The van der Waals surface area contributed by atoms with Crippen molar-refractivity contribution in [3.05, 3.63) is 71.8 Å². The lowest BCUT2D eigenvalue weighted by atomic mass is 9.89.